The lowest BCUT2D eigenvalue weighted by Crippen LogP contribution is -2.00. The molecule has 0 saturated carbocycles. The number of ether oxygens (including phenoxy) is 1. The zero-order chi connectivity index (χ0) is 13.3. The number of hydrogen-bond donors (Lipinski definition) is 1. The summed E-state index contributed by atoms with van der Waals surface area (Å²) in [6.45, 7) is 5.62. The fraction of sp³-hybridized carbons (Fsp3) is 0.231. The Morgan fingerprint density at radius 2 is 2.06 bits per heavy atom. The van der Waals surface area contributed by atoms with Gasteiger partial charge in [0.05, 0.1) is 11.3 Å². The molecule has 0 fully saturated rings. The maximum Gasteiger partial charge on any atom is 0.336 e. The van der Waals surface area contributed by atoms with Crippen molar-refractivity contribution in [3.63, 3.8) is 0 Å². The zero-order valence-electron chi connectivity index (χ0n) is 10.4. The number of aromatic nitrogens is 1. The van der Waals surface area contributed by atoms with Gasteiger partial charge >= 0.3 is 5.97 Å². The van der Waals surface area contributed by atoms with Gasteiger partial charge in [-0.15, -0.1) is 0 Å². The van der Waals surface area contributed by atoms with Crippen molar-refractivity contribution in [2.24, 2.45) is 0 Å². The van der Waals surface area contributed by atoms with Gasteiger partial charge in [-0.2, -0.15) is 0 Å². The minimum absolute atomic E-state index is 0.248. The first-order chi connectivity index (χ1) is 8.49. The Morgan fingerprint density at radius 1 is 1.33 bits per heavy atom. The minimum atomic E-state index is -0.954. The Labute approximate surface area is 109 Å². The van der Waals surface area contributed by atoms with Gasteiger partial charge in [0.1, 0.15) is 5.75 Å². The highest BCUT2D eigenvalue weighted by Crippen LogP contribution is 2.31. The summed E-state index contributed by atoms with van der Waals surface area (Å²) in [6, 6.07) is 4.97. The van der Waals surface area contributed by atoms with E-state index in [0.29, 0.717) is 16.5 Å². The molecule has 0 radical (unpaired) electrons. The van der Waals surface area contributed by atoms with Crippen molar-refractivity contribution in [3.05, 3.63) is 39.9 Å². The van der Waals surface area contributed by atoms with Crippen LogP contribution in [0.2, 0.25) is 0 Å². The summed E-state index contributed by atoms with van der Waals surface area (Å²) < 4.78 is 5.65. The van der Waals surface area contributed by atoms with Crippen molar-refractivity contribution in [1.82, 2.24) is 4.98 Å². The van der Waals surface area contributed by atoms with Crippen molar-refractivity contribution in [2.75, 3.05) is 0 Å². The summed E-state index contributed by atoms with van der Waals surface area (Å²) in [7, 11) is 0. The molecule has 1 heterocycles. The van der Waals surface area contributed by atoms with Gasteiger partial charge in [0.25, 0.3) is 5.19 Å². The number of thiazole rings is 1. The van der Waals surface area contributed by atoms with Gasteiger partial charge in [0.2, 0.25) is 0 Å². The second-order valence-corrected chi connectivity index (χ2v) is 5.12. The summed E-state index contributed by atoms with van der Waals surface area (Å²) in [4.78, 5) is 16.4. The largest absolute Gasteiger partial charge is 0.478 e. The van der Waals surface area contributed by atoms with E-state index in [1.807, 2.05) is 13.8 Å². The summed E-state index contributed by atoms with van der Waals surface area (Å²) >= 11 is 1.45. The average Bonchev–Trinajstić information content (AvgIpc) is 2.60. The van der Waals surface area contributed by atoms with E-state index in [-0.39, 0.29) is 5.56 Å². The number of benzene rings is 1. The normalized spacial score (nSPS) is 10.4. The van der Waals surface area contributed by atoms with E-state index < -0.39 is 5.97 Å². The Balaban J connectivity index is 2.35. The Hall–Kier alpha value is -1.88. The number of carboxylic acid groups (broad SMARTS) is 1. The molecule has 1 aromatic heterocycles. The maximum atomic E-state index is 11.0. The van der Waals surface area contributed by atoms with Crippen LogP contribution in [0.4, 0.5) is 0 Å². The number of rotatable bonds is 3. The monoisotopic (exact) mass is 263 g/mol. The average molecular weight is 263 g/mol. The molecule has 0 aliphatic rings. The van der Waals surface area contributed by atoms with Crippen molar-refractivity contribution in [2.45, 2.75) is 20.8 Å². The Morgan fingerprint density at radius 3 is 2.61 bits per heavy atom. The van der Waals surface area contributed by atoms with Crippen LogP contribution in [-0.4, -0.2) is 16.1 Å². The van der Waals surface area contributed by atoms with Gasteiger partial charge in [0, 0.05) is 10.4 Å². The maximum absolute atomic E-state index is 11.0. The molecule has 2 rings (SSSR count). The molecule has 1 N–H and O–H groups in total. The molecular weight excluding hydrogens is 250 g/mol. The van der Waals surface area contributed by atoms with Crippen LogP contribution in [0, 0.1) is 20.8 Å². The van der Waals surface area contributed by atoms with E-state index in [2.05, 4.69) is 4.98 Å². The van der Waals surface area contributed by atoms with E-state index in [9.17, 15) is 4.79 Å². The van der Waals surface area contributed by atoms with E-state index >= 15 is 0 Å². The molecule has 5 heteroatoms. The first-order valence-electron chi connectivity index (χ1n) is 5.44. The predicted octanol–water partition coefficient (Wildman–Crippen LogP) is 3.56. The third-order valence-electron chi connectivity index (χ3n) is 2.72. The first kappa shape index (κ1) is 12.6. The minimum Gasteiger partial charge on any atom is -0.478 e. The molecular formula is C13H13NO3S. The quantitative estimate of drug-likeness (QED) is 0.919. The third kappa shape index (κ3) is 2.36. The molecule has 0 amide bonds. The summed E-state index contributed by atoms with van der Waals surface area (Å²) in [5, 5.41) is 9.57. The fourth-order valence-corrected chi connectivity index (χ4v) is 2.31. The summed E-state index contributed by atoms with van der Waals surface area (Å²) in [5.41, 5.74) is 1.79. The molecule has 0 unspecified atom stereocenters. The topological polar surface area (TPSA) is 59.4 Å². The number of aryl methyl sites for hydroxylation is 2. The van der Waals surface area contributed by atoms with Crippen LogP contribution in [0.1, 0.15) is 26.5 Å². The molecule has 2 aromatic rings. The molecule has 0 saturated heterocycles. The van der Waals surface area contributed by atoms with Crippen molar-refractivity contribution < 1.29 is 14.6 Å². The Kier molecular flexibility index (Phi) is 3.34. The van der Waals surface area contributed by atoms with Crippen LogP contribution in [0.15, 0.2) is 18.2 Å². The van der Waals surface area contributed by atoms with Gasteiger partial charge < -0.3 is 9.84 Å². The van der Waals surface area contributed by atoms with Crippen molar-refractivity contribution >= 4 is 17.3 Å². The molecule has 1 aromatic carbocycles. The number of aromatic carboxylic acids is 1. The molecule has 0 spiro atoms. The fourth-order valence-electron chi connectivity index (χ4n) is 1.54. The van der Waals surface area contributed by atoms with Crippen LogP contribution < -0.4 is 4.74 Å². The SMILES string of the molecule is Cc1nc(Oc2cccc(C(=O)O)c2C)sc1C. The number of carboxylic acids is 1. The van der Waals surface area contributed by atoms with Crippen LogP contribution in [0.25, 0.3) is 0 Å². The van der Waals surface area contributed by atoms with Crippen LogP contribution in [0.3, 0.4) is 0 Å². The summed E-state index contributed by atoms with van der Waals surface area (Å²) in [6.07, 6.45) is 0. The molecule has 94 valence electrons. The predicted molar refractivity (Wildman–Crippen MR) is 69.8 cm³/mol. The first-order valence-corrected chi connectivity index (χ1v) is 6.25. The summed E-state index contributed by atoms with van der Waals surface area (Å²) in [5.74, 6) is -0.423. The second-order valence-electron chi connectivity index (χ2n) is 3.96. The third-order valence-corrected chi connectivity index (χ3v) is 3.67. The Bertz CT molecular complexity index is 585. The smallest absolute Gasteiger partial charge is 0.336 e. The molecule has 0 atom stereocenters. The molecule has 18 heavy (non-hydrogen) atoms. The number of carbonyl (C=O) groups is 1. The van der Waals surface area contributed by atoms with E-state index in [1.54, 1.807) is 25.1 Å². The highest BCUT2D eigenvalue weighted by molar-refractivity contribution is 7.13. The van der Waals surface area contributed by atoms with Crippen molar-refractivity contribution in [3.8, 4) is 10.9 Å². The van der Waals surface area contributed by atoms with Crippen LogP contribution >= 0.6 is 11.3 Å². The highest BCUT2D eigenvalue weighted by Gasteiger charge is 2.13. The standard InChI is InChI=1S/C13H13NO3S/c1-7-10(12(15)16)5-4-6-11(7)17-13-14-8(2)9(3)18-13/h4-6H,1-3H3,(H,15,16). The van der Waals surface area contributed by atoms with Crippen molar-refractivity contribution in [1.29, 1.82) is 0 Å². The van der Waals surface area contributed by atoms with E-state index in [1.165, 1.54) is 11.3 Å². The van der Waals surface area contributed by atoms with Gasteiger partial charge in [0.15, 0.2) is 0 Å². The highest BCUT2D eigenvalue weighted by atomic mass is 32.1. The van der Waals surface area contributed by atoms with Gasteiger partial charge in [-0.25, -0.2) is 9.78 Å². The van der Waals surface area contributed by atoms with E-state index in [4.69, 9.17) is 9.84 Å². The molecule has 0 aliphatic heterocycles. The second kappa shape index (κ2) is 4.78. The number of hydrogen-bond acceptors (Lipinski definition) is 4. The molecule has 4 nitrogen and oxygen atoms in total. The molecule has 0 bridgehead atoms. The van der Waals surface area contributed by atoms with E-state index in [0.717, 1.165) is 10.6 Å². The van der Waals surface area contributed by atoms with Crippen LogP contribution in [0.5, 0.6) is 10.9 Å². The lowest BCUT2D eigenvalue weighted by Gasteiger charge is -2.07. The lowest BCUT2D eigenvalue weighted by molar-refractivity contribution is 0.0695. The lowest BCUT2D eigenvalue weighted by atomic mass is 10.1. The zero-order valence-corrected chi connectivity index (χ0v) is 11.2. The molecule has 0 aliphatic carbocycles. The van der Waals surface area contributed by atoms with Gasteiger partial charge in [-0.1, -0.05) is 17.4 Å². The number of nitrogens with zero attached hydrogens (tertiary/aromatic N) is 1. The van der Waals surface area contributed by atoms with Gasteiger partial charge in [-0.3, -0.25) is 0 Å². The van der Waals surface area contributed by atoms with Gasteiger partial charge in [-0.05, 0) is 32.9 Å². The van der Waals surface area contributed by atoms with Crippen LogP contribution in [-0.2, 0) is 0 Å².